The minimum Gasteiger partial charge on any atom is -0.497 e. The molecule has 1 aromatic rings. The zero-order valence-electron chi connectivity index (χ0n) is 11.9. The Balaban J connectivity index is 1.64. The van der Waals surface area contributed by atoms with Crippen LogP contribution in [0.2, 0.25) is 0 Å². The Morgan fingerprint density at radius 1 is 1.25 bits per heavy atom. The van der Waals surface area contributed by atoms with Crippen LogP contribution in [0.3, 0.4) is 0 Å². The molecule has 112 valence electrons. The Kier molecular flexibility index (Phi) is 6.11. The minimum absolute atomic E-state index is 0.280. The van der Waals surface area contributed by atoms with Crippen molar-refractivity contribution in [2.24, 2.45) is 0 Å². The first kappa shape index (κ1) is 15.1. The highest BCUT2D eigenvalue weighted by atomic mass is 16.5. The van der Waals surface area contributed by atoms with E-state index in [0.29, 0.717) is 12.6 Å². The van der Waals surface area contributed by atoms with Gasteiger partial charge in [-0.1, -0.05) is 0 Å². The molecular weight excluding hydrogens is 258 g/mol. The highest BCUT2D eigenvalue weighted by molar-refractivity contribution is 5.31. The third-order valence-corrected chi connectivity index (χ3v) is 3.37. The van der Waals surface area contributed by atoms with Crippen molar-refractivity contribution in [3.05, 3.63) is 24.3 Å². The van der Waals surface area contributed by atoms with Crippen molar-refractivity contribution in [3.63, 3.8) is 0 Å². The molecule has 0 spiro atoms. The summed E-state index contributed by atoms with van der Waals surface area (Å²) in [7, 11) is 1.63. The normalized spacial score (nSPS) is 17.7. The van der Waals surface area contributed by atoms with Gasteiger partial charge >= 0.3 is 0 Å². The molecule has 0 radical (unpaired) electrons. The third kappa shape index (κ3) is 5.00. The van der Waals surface area contributed by atoms with Gasteiger partial charge in [0.2, 0.25) is 0 Å². The third-order valence-electron chi connectivity index (χ3n) is 3.37. The van der Waals surface area contributed by atoms with Gasteiger partial charge in [0.25, 0.3) is 0 Å². The van der Waals surface area contributed by atoms with Crippen LogP contribution >= 0.6 is 0 Å². The second kappa shape index (κ2) is 8.09. The molecule has 1 aliphatic rings. The van der Waals surface area contributed by atoms with Crippen LogP contribution < -0.4 is 14.8 Å². The first-order valence-electron chi connectivity index (χ1n) is 7.04. The Morgan fingerprint density at radius 2 is 1.90 bits per heavy atom. The molecular formula is C15H23NO4. The van der Waals surface area contributed by atoms with Gasteiger partial charge in [0, 0.05) is 25.8 Å². The molecule has 20 heavy (non-hydrogen) atoms. The summed E-state index contributed by atoms with van der Waals surface area (Å²) in [6.45, 7) is 2.43. The number of aliphatic hydroxyl groups is 1. The van der Waals surface area contributed by atoms with E-state index >= 15 is 0 Å². The van der Waals surface area contributed by atoms with Crippen molar-refractivity contribution in [2.45, 2.75) is 25.0 Å². The van der Waals surface area contributed by atoms with Crippen molar-refractivity contribution < 1.29 is 19.3 Å². The molecule has 1 heterocycles. The lowest BCUT2D eigenvalue weighted by atomic mass is 10.1. The van der Waals surface area contributed by atoms with Crippen molar-refractivity contribution in [3.8, 4) is 11.5 Å². The molecule has 0 aliphatic carbocycles. The molecule has 0 bridgehead atoms. The van der Waals surface area contributed by atoms with Gasteiger partial charge in [-0.05, 0) is 37.1 Å². The van der Waals surface area contributed by atoms with Crippen LogP contribution in [0.5, 0.6) is 11.5 Å². The number of hydrogen-bond donors (Lipinski definition) is 2. The standard InChI is InChI=1S/C15H23NO4/c1-18-14-2-4-15(5-3-14)20-11-13(17)10-16-12-6-8-19-9-7-12/h2-5,12-13,16-17H,6-11H2,1H3. The number of benzene rings is 1. The zero-order chi connectivity index (χ0) is 14.2. The summed E-state index contributed by atoms with van der Waals surface area (Å²) in [5.41, 5.74) is 0. The molecule has 5 nitrogen and oxygen atoms in total. The fourth-order valence-electron chi connectivity index (χ4n) is 2.13. The molecule has 5 heteroatoms. The predicted molar refractivity (Wildman–Crippen MR) is 76.3 cm³/mol. The summed E-state index contributed by atoms with van der Waals surface area (Å²) in [5.74, 6) is 1.52. The Hall–Kier alpha value is -1.30. The Labute approximate surface area is 119 Å². The number of nitrogens with one attached hydrogen (secondary N) is 1. The van der Waals surface area contributed by atoms with E-state index in [1.54, 1.807) is 7.11 Å². The quantitative estimate of drug-likeness (QED) is 0.786. The summed E-state index contributed by atoms with van der Waals surface area (Å²) < 4.78 is 15.9. The molecule has 0 aromatic heterocycles. The monoisotopic (exact) mass is 281 g/mol. The van der Waals surface area contributed by atoms with Crippen LogP contribution in [0.15, 0.2) is 24.3 Å². The summed E-state index contributed by atoms with van der Waals surface area (Å²) in [4.78, 5) is 0. The average molecular weight is 281 g/mol. The minimum atomic E-state index is -0.514. The van der Waals surface area contributed by atoms with E-state index in [1.165, 1.54) is 0 Å². The second-order valence-electron chi connectivity index (χ2n) is 4.94. The molecule has 1 aliphatic heterocycles. The van der Waals surface area contributed by atoms with E-state index in [2.05, 4.69) is 5.32 Å². The molecule has 1 unspecified atom stereocenters. The summed E-state index contributed by atoms with van der Waals surface area (Å²) in [6.07, 6.45) is 1.50. The van der Waals surface area contributed by atoms with Gasteiger partial charge in [0.1, 0.15) is 24.2 Å². The van der Waals surface area contributed by atoms with Crippen molar-refractivity contribution >= 4 is 0 Å². The highest BCUT2D eigenvalue weighted by Gasteiger charge is 2.14. The lowest BCUT2D eigenvalue weighted by molar-refractivity contribution is 0.0655. The van der Waals surface area contributed by atoms with E-state index in [9.17, 15) is 5.11 Å². The molecule has 1 atom stereocenters. The number of methoxy groups -OCH3 is 1. The second-order valence-corrected chi connectivity index (χ2v) is 4.94. The number of ether oxygens (including phenoxy) is 3. The van der Waals surface area contributed by atoms with Crippen molar-refractivity contribution in [2.75, 3.05) is 33.5 Å². The predicted octanol–water partition coefficient (Wildman–Crippen LogP) is 1.20. The van der Waals surface area contributed by atoms with Gasteiger partial charge in [-0.3, -0.25) is 0 Å². The Bertz CT molecular complexity index is 376. The van der Waals surface area contributed by atoms with Crippen LogP contribution in [0.1, 0.15) is 12.8 Å². The summed E-state index contributed by atoms with van der Waals surface area (Å²) >= 11 is 0. The molecule has 2 N–H and O–H groups in total. The van der Waals surface area contributed by atoms with Crippen LogP contribution in [-0.4, -0.2) is 50.7 Å². The highest BCUT2D eigenvalue weighted by Crippen LogP contribution is 2.17. The van der Waals surface area contributed by atoms with Crippen LogP contribution in [-0.2, 0) is 4.74 Å². The lowest BCUT2D eigenvalue weighted by Gasteiger charge is -2.24. The Morgan fingerprint density at radius 3 is 2.55 bits per heavy atom. The number of aliphatic hydroxyl groups excluding tert-OH is 1. The molecule has 0 amide bonds. The average Bonchev–Trinajstić information content (AvgIpc) is 2.52. The fraction of sp³-hybridized carbons (Fsp3) is 0.600. The van der Waals surface area contributed by atoms with Gasteiger partial charge in [0.05, 0.1) is 7.11 Å². The lowest BCUT2D eigenvalue weighted by Crippen LogP contribution is -2.40. The van der Waals surface area contributed by atoms with Gasteiger partial charge < -0.3 is 24.6 Å². The van der Waals surface area contributed by atoms with Crippen LogP contribution in [0, 0.1) is 0 Å². The van der Waals surface area contributed by atoms with Gasteiger partial charge in [0.15, 0.2) is 0 Å². The molecule has 1 aromatic carbocycles. The van der Waals surface area contributed by atoms with Gasteiger partial charge in [-0.15, -0.1) is 0 Å². The maximum absolute atomic E-state index is 9.90. The topological polar surface area (TPSA) is 60.0 Å². The first-order chi connectivity index (χ1) is 9.78. The van der Waals surface area contributed by atoms with E-state index in [1.807, 2.05) is 24.3 Å². The van der Waals surface area contributed by atoms with Crippen LogP contribution in [0.4, 0.5) is 0 Å². The SMILES string of the molecule is COc1ccc(OCC(O)CNC2CCOCC2)cc1. The fourth-order valence-corrected chi connectivity index (χ4v) is 2.13. The van der Waals surface area contributed by atoms with Crippen molar-refractivity contribution in [1.82, 2.24) is 5.32 Å². The smallest absolute Gasteiger partial charge is 0.119 e. The van der Waals surface area contributed by atoms with E-state index in [4.69, 9.17) is 14.2 Å². The maximum Gasteiger partial charge on any atom is 0.119 e. The number of rotatable bonds is 7. The van der Waals surface area contributed by atoms with Gasteiger partial charge in [-0.25, -0.2) is 0 Å². The molecule has 2 rings (SSSR count). The largest absolute Gasteiger partial charge is 0.497 e. The maximum atomic E-state index is 9.90. The summed E-state index contributed by atoms with van der Waals surface area (Å²) in [5, 5.41) is 13.2. The summed E-state index contributed by atoms with van der Waals surface area (Å²) in [6, 6.07) is 7.78. The van der Waals surface area contributed by atoms with Crippen molar-refractivity contribution in [1.29, 1.82) is 0 Å². The first-order valence-corrected chi connectivity index (χ1v) is 7.04. The zero-order valence-corrected chi connectivity index (χ0v) is 11.9. The molecule has 0 saturated carbocycles. The van der Waals surface area contributed by atoms with E-state index in [-0.39, 0.29) is 6.61 Å². The number of hydrogen-bond acceptors (Lipinski definition) is 5. The van der Waals surface area contributed by atoms with E-state index in [0.717, 1.165) is 37.6 Å². The van der Waals surface area contributed by atoms with E-state index < -0.39 is 6.10 Å². The molecule has 1 fully saturated rings. The van der Waals surface area contributed by atoms with Crippen LogP contribution in [0.25, 0.3) is 0 Å². The molecule has 1 saturated heterocycles. The van der Waals surface area contributed by atoms with Gasteiger partial charge in [-0.2, -0.15) is 0 Å².